The van der Waals surface area contributed by atoms with E-state index in [9.17, 15) is 4.79 Å². The first kappa shape index (κ1) is 17.5. The van der Waals surface area contributed by atoms with Crippen molar-refractivity contribution in [2.45, 2.75) is 19.3 Å². The minimum atomic E-state index is 0.121. The summed E-state index contributed by atoms with van der Waals surface area (Å²) >= 11 is 11.9. The van der Waals surface area contributed by atoms with Gasteiger partial charge in [0, 0.05) is 45.7 Å². The van der Waals surface area contributed by atoms with Gasteiger partial charge < -0.3 is 10.6 Å². The Balaban J connectivity index is 1.58. The quantitative estimate of drug-likeness (QED) is 0.798. The third-order valence-electron chi connectivity index (χ3n) is 3.81. The van der Waals surface area contributed by atoms with Crippen LogP contribution in [0.25, 0.3) is 0 Å². The number of nitrogens with one attached hydrogen (secondary N) is 2. The molecule has 0 spiro atoms. The van der Waals surface area contributed by atoms with E-state index in [0.717, 1.165) is 57.7 Å². The molecule has 122 valence electrons. The van der Waals surface area contributed by atoms with Gasteiger partial charge in [-0.05, 0) is 30.5 Å². The fourth-order valence-electron chi connectivity index (χ4n) is 2.52. The highest BCUT2D eigenvalue weighted by atomic mass is 35.5. The van der Waals surface area contributed by atoms with E-state index < -0.39 is 0 Å². The third-order valence-corrected chi connectivity index (χ3v) is 4.55. The maximum absolute atomic E-state index is 11.8. The highest BCUT2D eigenvalue weighted by molar-refractivity contribution is 6.42. The Hall–Kier alpha value is -0.810. The van der Waals surface area contributed by atoms with Gasteiger partial charge in [-0.25, -0.2) is 0 Å². The molecule has 0 radical (unpaired) electrons. The summed E-state index contributed by atoms with van der Waals surface area (Å²) in [7, 11) is 0. The van der Waals surface area contributed by atoms with Crippen molar-refractivity contribution in [2.75, 3.05) is 39.3 Å². The van der Waals surface area contributed by atoms with Crippen molar-refractivity contribution in [3.63, 3.8) is 0 Å². The number of rotatable bonds is 7. The smallest absolute Gasteiger partial charge is 0.220 e. The first-order chi connectivity index (χ1) is 10.6. The minimum Gasteiger partial charge on any atom is -0.355 e. The summed E-state index contributed by atoms with van der Waals surface area (Å²) in [5.74, 6) is 0.121. The Morgan fingerprint density at radius 2 is 2.00 bits per heavy atom. The molecule has 2 rings (SSSR count). The van der Waals surface area contributed by atoms with Crippen LogP contribution in [-0.4, -0.2) is 50.1 Å². The first-order valence-corrected chi connectivity index (χ1v) is 8.54. The van der Waals surface area contributed by atoms with Gasteiger partial charge in [0.15, 0.2) is 0 Å². The van der Waals surface area contributed by atoms with Crippen LogP contribution in [0.1, 0.15) is 18.4 Å². The molecular weight excluding hydrogens is 321 g/mol. The van der Waals surface area contributed by atoms with Crippen LogP contribution in [0.15, 0.2) is 18.2 Å². The molecule has 0 aromatic heterocycles. The summed E-state index contributed by atoms with van der Waals surface area (Å²) in [4.78, 5) is 14.2. The van der Waals surface area contributed by atoms with Crippen molar-refractivity contribution in [1.29, 1.82) is 0 Å². The minimum absolute atomic E-state index is 0.121. The lowest BCUT2D eigenvalue weighted by molar-refractivity contribution is -0.121. The first-order valence-electron chi connectivity index (χ1n) is 7.79. The molecule has 0 unspecified atom stereocenters. The van der Waals surface area contributed by atoms with E-state index in [2.05, 4.69) is 15.5 Å². The van der Waals surface area contributed by atoms with E-state index in [4.69, 9.17) is 23.2 Å². The third kappa shape index (κ3) is 6.13. The zero-order valence-electron chi connectivity index (χ0n) is 12.7. The molecule has 4 nitrogen and oxygen atoms in total. The molecular formula is C16H23Cl2N3O. The summed E-state index contributed by atoms with van der Waals surface area (Å²) in [5.41, 5.74) is 1.11. The molecule has 0 atom stereocenters. The Bertz CT molecular complexity index is 490. The molecule has 1 aliphatic rings. The van der Waals surface area contributed by atoms with Crippen molar-refractivity contribution >= 4 is 29.1 Å². The molecule has 6 heteroatoms. The second kappa shape index (κ2) is 9.36. The van der Waals surface area contributed by atoms with Crippen LogP contribution in [0.3, 0.4) is 0 Å². The van der Waals surface area contributed by atoms with Crippen LogP contribution < -0.4 is 10.6 Å². The summed E-state index contributed by atoms with van der Waals surface area (Å²) < 4.78 is 0. The summed E-state index contributed by atoms with van der Waals surface area (Å²) in [5, 5.41) is 7.44. The Morgan fingerprint density at radius 3 is 2.73 bits per heavy atom. The van der Waals surface area contributed by atoms with Crippen LogP contribution in [0.5, 0.6) is 0 Å². The summed E-state index contributed by atoms with van der Waals surface area (Å²) in [6.45, 7) is 5.86. The van der Waals surface area contributed by atoms with Gasteiger partial charge in [0.05, 0.1) is 10.0 Å². The fourth-order valence-corrected chi connectivity index (χ4v) is 2.85. The average Bonchev–Trinajstić information content (AvgIpc) is 2.52. The number of carbonyl (C=O) groups excluding carboxylic acids is 1. The highest BCUT2D eigenvalue weighted by Crippen LogP contribution is 2.23. The molecule has 0 bridgehead atoms. The van der Waals surface area contributed by atoms with Crippen molar-refractivity contribution in [2.24, 2.45) is 0 Å². The van der Waals surface area contributed by atoms with Gasteiger partial charge >= 0.3 is 0 Å². The molecule has 1 aromatic rings. The van der Waals surface area contributed by atoms with Gasteiger partial charge in [0.25, 0.3) is 0 Å². The molecule has 1 heterocycles. The molecule has 2 N–H and O–H groups in total. The van der Waals surface area contributed by atoms with Crippen LogP contribution in [-0.2, 0) is 11.2 Å². The largest absolute Gasteiger partial charge is 0.355 e. The fraction of sp³-hybridized carbons (Fsp3) is 0.562. The number of amides is 1. The van der Waals surface area contributed by atoms with Gasteiger partial charge in [-0.1, -0.05) is 29.3 Å². The van der Waals surface area contributed by atoms with Gasteiger partial charge in [-0.3, -0.25) is 9.69 Å². The Morgan fingerprint density at radius 1 is 1.23 bits per heavy atom. The van der Waals surface area contributed by atoms with E-state index in [1.165, 1.54) is 0 Å². The Kier molecular flexibility index (Phi) is 7.46. The standard InChI is InChI=1S/C16H23Cl2N3O/c17-14-5-4-13(12-15(14)18)2-1-3-16(22)20-8-11-21-9-6-19-7-10-21/h4-5,12,19H,1-3,6-11H2,(H,20,22). The summed E-state index contributed by atoms with van der Waals surface area (Å²) in [6, 6.07) is 5.62. The molecule has 1 aromatic carbocycles. The van der Waals surface area contributed by atoms with Gasteiger partial charge in [0.2, 0.25) is 5.91 Å². The SMILES string of the molecule is O=C(CCCc1ccc(Cl)c(Cl)c1)NCCN1CCNCC1. The van der Waals surface area contributed by atoms with Gasteiger partial charge in [-0.15, -0.1) is 0 Å². The van der Waals surface area contributed by atoms with Gasteiger partial charge in [-0.2, -0.15) is 0 Å². The van der Waals surface area contributed by atoms with Crippen molar-refractivity contribution in [1.82, 2.24) is 15.5 Å². The number of hydrogen-bond acceptors (Lipinski definition) is 3. The number of carbonyl (C=O) groups is 1. The predicted molar refractivity (Wildman–Crippen MR) is 91.7 cm³/mol. The normalized spacial score (nSPS) is 15.7. The molecule has 22 heavy (non-hydrogen) atoms. The lowest BCUT2D eigenvalue weighted by Gasteiger charge is -2.27. The second-order valence-electron chi connectivity index (χ2n) is 5.54. The number of benzene rings is 1. The van der Waals surface area contributed by atoms with Crippen LogP contribution >= 0.6 is 23.2 Å². The zero-order valence-corrected chi connectivity index (χ0v) is 14.2. The van der Waals surface area contributed by atoms with E-state index in [0.29, 0.717) is 16.5 Å². The number of hydrogen-bond donors (Lipinski definition) is 2. The van der Waals surface area contributed by atoms with Crippen molar-refractivity contribution in [3.8, 4) is 0 Å². The van der Waals surface area contributed by atoms with E-state index in [1.54, 1.807) is 6.07 Å². The molecule has 0 aliphatic carbocycles. The molecule has 1 fully saturated rings. The monoisotopic (exact) mass is 343 g/mol. The van der Waals surface area contributed by atoms with Crippen LogP contribution in [0, 0.1) is 0 Å². The predicted octanol–water partition coefficient (Wildman–Crippen LogP) is 2.34. The number of halogens is 2. The molecule has 1 amide bonds. The number of nitrogens with zero attached hydrogens (tertiary/aromatic N) is 1. The zero-order chi connectivity index (χ0) is 15.8. The second-order valence-corrected chi connectivity index (χ2v) is 6.36. The number of aryl methyl sites for hydroxylation is 1. The lowest BCUT2D eigenvalue weighted by Crippen LogP contribution is -2.46. The maximum atomic E-state index is 11.8. The molecule has 0 saturated carbocycles. The Labute approximate surface area is 142 Å². The topological polar surface area (TPSA) is 44.4 Å². The van der Waals surface area contributed by atoms with E-state index >= 15 is 0 Å². The van der Waals surface area contributed by atoms with Crippen molar-refractivity contribution < 1.29 is 4.79 Å². The van der Waals surface area contributed by atoms with Gasteiger partial charge in [0.1, 0.15) is 0 Å². The average molecular weight is 344 g/mol. The van der Waals surface area contributed by atoms with Crippen molar-refractivity contribution in [3.05, 3.63) is 33.8 Å². The van der Waals surface area contributed by atoms with Crippen LogP contribution in [0.2, 0.25) is 10.0 Å². The highest BCUT2D eigenvalue weighted by Gasteiger charge is 2.09. The lowest BCUT2D eigenvalue weighted by atomic mass is 10.1. The molecule has 1 aliphatic heterocycles. The van der Waals surface area contributed by atoms with E-state index in [-0.39, 0.29) is 5.91 Å². The van der Waals surface area contributed by atoms with Crippen LogP contribution in [0.4, 0.5) is 0 Å². The summed E-state index contributed by atoms with van der Waals surface area (Å²) in [6.07, 6.45) is 2.20. The number of piperazine rings is 1. The molecule has 1 saturated heterocycles. The maximum Gasteiger partial charge on any atom is 0.220 e. The van der Waals surface area contributed by atoms with E-state index in [1.807, 2.05) is 12.1 Å².